The van der Waals surface area contributed by atoms with Gasteiger partial charge < -0.3 is 10.2 Å². The molecule has 1 saturated heterocycles. The maximum absolute atomic E-state index is 13.1. The van der Waals surface area contributed by atoms with Crippen molar-refractivity contribution >= 4 is 46.8 Å². The quantitative estimate of drug-likeness (QED) is 0.363. The zero-order chi connectivity index (χ0) is 20.1. The first-order valence-electron chi connectivity index (χ1n) is 7.80. The summed E-state index contributed by atoms with van der Waals surface area (Å²) in [6.45, 7) is 0. The second kappa shape index (κ2) is 8.49. The molecule has 1 aliphatic heterocycles. The summed E-state index contributed by atoms with van der Waals surface area (Å²) < 4.78 is 13.1. The third-order valence-electron chi connectivity index (χ3n) is 3.85. The van der Waals surface area contributed by atoms with E-state index < -0.39 is 35.5 Å². The molecule has 1 heterocycles. The average Bonchev–Trinajstić information content (AvgIpc) is 2.58. The first kappa shape index (κ1) is 20.2. The number of hydrogen-bond donors (Lipinski definition) is 3. The molecule has 0 spiro atoms. The molecule has 0 aromatic heterocycles. The number of carboxylic acid groups (broad SMARTS) is 2. The van der Waals surface area contributed by atoms with Gasteiger partial charge in [-0.3, -0.25) is 29.4 Å². The number of amides is 2. The fraction of sp³-hybridized carbons (Fsp3) is 0.235. The number of benzene rings is 1. The summed E-state index contributed by atoms with van der Waals surface area (Å²) in [6, 6.07) is 4.86. The van der Waals surface area contributed by atoms with Crippen molar-refractivity contribution in [1.29, 1.82) is 0 Å². The number of carboxylic acids is 2. The molecule has 0 bridgehead atoms. The van der Waals surface area contributed by atoms with Crippen molar-refractivity contribution in [3.05, 3.63) is 41.7 Å². The molecule has 0 radical (unpaired) electrons. The van der Waals surface area contributed by atoms with Crippen LogP contribution in [0.15, 0.2) is 35.9 Å². The summed E-state index contributed by atoms with van der Waals surface area (Å²) in [5.74, 6) is -5.53. The van der Waals surface area contributed by atoms with Crippen LogP contribution in [0.25, 0.3) is 0 Å². The summed E-state index contributed by atoms with van der Waals surface area (Å²) in [7, 11) is 0. The molecule has 1 fully saturated rings. The summed E-state index contributed by atoms with van der Waals surface area (Å²) in [5.41, 5.74) is -0.0903. The number of halogens is 1. The van der Waals surface area contributed by atoms with Crippen LogP contribution in [0.1, 0.15) is 19.3 Å². The number of rotatable bonds is 7. The minimum Gasteiger partial charge on any atom is -0.481 e. The molecule has 1 aliphatic rings. The topological polar surface area (TPSA) is 124 Å². The fourth-order valence-electron chi connectivity index (χ4n) is 2.43. The Labute approximate surface area is 158 Å². The van der Waals surface area contributed by atoms with Crippen LogP contribution < -0.4 is 10.2 Å². The van der Waals surface area contributed by atoms with Gasteiger partial charge in [-0.25, -0.2) is 4.39 Å². The molecule has 2 rings (SSSR count). The molecule has 1 aromatic carbocycles. The van der Waals surface area contributed by atoms with Crippen molar-refractivity contribution in [3.8, 4) is 0 Å². The normalized spacial score (nSPS) is 17.0. The first-order chi connectivity index (χ1) is 12.7. The number of thiocarbonyl (C=S) groups is 1. The maximum atomic E-state index is 13.1. The van der Waals surface area contributed by atoms with E-state index in [-0.39, 0.29) is 35.6 Å². The van der Waals surface area contributed by atoms with Crippen molar-refractivity contribution in [2.45, 2.75) is 19.3 Å². The number of allylic oxidation sites excluding steroid dienone is 1. The number of carbonyl (C=O) groups is 4. The van der Waals surface area contributed by atoms with Crippen LogP contribution in [0.2, 0.25) is 0 Å². The van der Waals surface area contributed by atoms with E-state index in [0.717, 1.165) is 23.1 Å². The molecule has 0 unspecified atom stereocenters. The Balaban J connectivity index is 2.24. The third kappa shape index (κ3) is 4.94. The van der Waals surface area contributed by atoms with Gasteiger partial charge in [0, 0.05) is 6.42 Å². The highest BCUT2D eigenvalue weighted by Crippen LogP contribution is 2.22. The zero-order valence-corrected chi connectivity index (χ0v) is 14.7. The van der Waals surface area contributed by atoms with Gasteiger partial charge in [0.25, 0.3) is 11.8 Å². The van der Waals surface area contributed by atoms with Gasteiger partial charge in [-0.1, -0.05) is 6.08 Å². The van der Waals surface area contributed by atoms with Crippen LogP contribution in [0.4, 0.5) is 10.1 Å². The number of nitrogens with one attached hydrogen (secondary N) is 1. The number of anilines is 1. The summed E-state index contributed by atoms with van der Waals surface area (Å²) in [6.07, 6.45) is 0.439. The Morgan fingerprint density at radius 2 is 1.85 bits per heavy atom. The highest BCUT2D eigenvalue weighted by atomic mass is 32.1. The summed E-state index contributed by atoms with van der Waals surface area (Å²) in [5, 5.41) is 20.0. The predicted molar refractivity (Wildman–Crippen MR) is 95.3 cm³/mol. The maximum Gasteiger partial charge on any atom is 0.306 e. The molecule has 2 amide bonds. The Morgan fingerprint density at radius 1 is 1.22 bits per heavy atom. The summed E-state index contributed by atoms with van der Waals surface area (Å²) >= 11 is 4.99. The van der Waals surface area contributed by atoms with Crippen molar-refractivity contribution in [2.75, 3.05) is 4.90 Å². The molecule has 1 aromatic rings. The van der Waals surface area contributed by atoms with Crippen LogP contribution in [0, 0.1) is 11.7 Å². The van der Waals surface area contributed by atoms with Crippen LogP contribution in [-0.4, -0.2) is 39.1 Å². The molecule has 10 heteroatoms. The Bertz CT molecular complexity index is 836. The minimum absolute atomic E-state index is 0.148. The number of nitrogens with zero attached hydrogens (tertiary/aromatic N) is 1. The van der Waals surface area contributed by atoms with E-state index in [1.54, 1.807) is 0 Å². The SMILES string of the molecule is O=C(O)CC[C@@H](C/C=C1\C(=O)NC(=S)N(c2ccc(F)cc2)C1=O)C(=O)O. The van der Waals surface area contributed by atoms with Gasteiger partial charge in [-0.2, -0.15) is 0 Å². The van der Waals surface area contributed by atoms with Gasteiger partial charge in [0.2, 0.25) is 0 Å². The fourth-order valence-corrected chi connectivity index (χ4v) is 2.72. The number of hydrogen-bond acceptors (Lipinski definition) is 5. The lowest BCUT2D eigenvalue weighted by Gasteiger charge is -2.29. The van der Waals surface area contributed by atoms with Crippen molar-refractivity contribution in [3.63, 3.8) is 0 Å². The van der Waals surface area contributed by atoms with E-state index in [2.05, 4.69) is 5.32 Å². The highest BCUT2D eigenvalue weighted by Gasteiger charge is 2.34. The van der Waals surface area contributed by atoms with E-state index in [1.807, 2.05) is 0 Å². The second-order valence-electron chi connectivity index (χ2n) is 5.70. The van der Waals surface area contributed by atoms with E-state index in [0.29, 0.717) is 0 Å². The number of aliphatic carboxylic acids is 2. The molecule has 3 N–H and O–H groups in total. The van der Waals surface area contributed by atoms with Crippen LogP contribution in [-0.2, 0) is 19.2 Å². The van der Waals surface area contributed by atoms with Crippen LogP contribution in [0.5, 0.6) is 0 Å². The lowest BCUT2D eigenvalue weighted by Crippen LogP contribution is -2.54. The lowest BCUT2D eigenvalue weighted by molar-refractivity contribution is -0.143. The van der Waals surface area contributed by atoms with Gasteiger partial charge in [-0.05, 0) is 49.3 Å². The predicted octanol–water partition coefficient (Wildman–Crippen LogP) is 1.46. The second-order valence-corrected chi connectivity index (χ2v) is 6.08. The van der Waals surface area contributed by atoms with E-state index in [1.165, 1.54) is 12.1 Å². The highest BCUT2D eigenvalue weighted by molar-refractivity contribution is 7.80. The molecular weight excluding hydrogens is 379 g/mol. The Kier molecular flexibility index (Phi) is 6.35. The smallest absolute Gasteiger partial charge is 0.306 e. The van der Waals surface area contributed by atoms with E-state index in [4.69, 9.17) is 17.3 Å². The van der Waals surface area contributed by atoms with Crippen LogP contribution >= 0.6 is 12.2 Å². The van der Waals surface area contributed by atoms with Gasteiger partial charge in [0.1, 0.15) is 11.4 Å². The molecular formula is C17H15FN2O6S. The molecule has 1 atom stereocenters. The summed E-state index contributed by atoms with van der Waals surface area (Å²) in [4.78, 5) is 47.6. The molecule has 27 heavy (non-hydrogen) atoms. The van der Waals surface area contributed by atoms with Crippen molar-refractivity contribution in [1.82, 2.24) is 5.32 Å². The Morgan fingerprint density at radius 3 is 2.41 bits per heavy atom. The number of carbonyl (C=O) groups excluding carboxylic acids is 2. The van der Waals surface area contributed by atoms with Crippen LogP contribution in [0.3, 0.4) is 0 Å². The standard InChI is InChI=1S/C17H15FN2O6S/c18-10-3-5-11(6-4-10)20-15(24)12(14(23)19-17(20)27)7-1-9(16(25)26)2-8-13(21)22/h3-7,9H,1-2,8H2,(H,21,22)(H,25,26)(H,19,23,27)/b12-7+/t9-/m1/s1. The molecule has 8 nitrogen and oxygen atoms in total. The van der Waals surface area contributed by atoms with E-state index >= 15 is 0 Å². The molecule has 142 valence electrons. The van der Waals surface area contributed by atoms with Gasteiger partial charge >= 0.3 is 11.9 Å². The lowest BCUT2D eigenvalue weighted by atomic mass is 9.97. The first-order valence-corrected chi connectivity index (χ1v) is 8.21. The van der Waals surface area contributed by atoms with Crippen molar-refractivity contribution in [2.24, 2.45) is 5.92 Å². The molecule has 0 aliphatic carbocycles. The monoisotopic (exact) mass is 394 g/mol. The largest absolute Gasteiger partial charge is 0.481 e. The van der Waals surface area contributed by atoms with Gasteiger partial charge in [0.15, 0.2) is 5.11 Å². The zero-order valence-electron chi connectivity index (χ0n) is 13.8. The van der Waals surface area contributed by atoms with Crippen molar-refractivity contribution < 1.29 is 33.8 Å². The van der Waals surface area contributed by atoms with Gasteiger partial charge in [-0.15, -0.1) is 0 Å². The molecule has 0 saturated carbocycles. The average molecular weight is 394 g/mol. The third-order valence-corrected chi connectivity index (χ3v) is 4.13. The minimum atomic E-state index is -1.23. The van der Waals surface area contributed by atoms with E-state index in [9.17, 15) is 28.7 Å². The Hall–Kier alpha value is -3.14. The van der Waals surface area contributed by atoms with Gasteiger partial charge in [0.05, 0.1) is 11.6 Å².